The van der Waals surface area contributed by atoms with Gasteiger partial charge in [0.1, 0.15) is 0 Å². The van der Waals surface area contributed by atoms with Gasteiger partial charge in [-0.3, -0.25) is 9.59 Å². The maximum atomic E-state index is 11.8. The second-order valence-electron chi connectivity index (χ2n) is 5.15. The van der Waals surface area contributed by atoms with Crippen LogP contribution in [0.25, 0.3) is 0 Å². The van der Waals surface area contributed by atoms with E-state index >= 15 is 0 Å². The summed E-state index contributed by atoms with van der Waals surface area (Å²) in [6.07, 6.45) is 0. The highest BCUT2D eigenvalue weighted by molar-refractivity contribution is 6.39. The van der Waals surface area contributed by atoms with E-state index in [1.807, 2.05) is 12.1 Å². The number of carbonyl (C=O) groups excluding carboxylic acids is 2. The van der Waals surface area contributed by atoms with E-state index in [2.05, 4.69) is 27.4 Å². The summed E-state index contributed by atoms with van der Waals surface area (Å²) < 4.78 is 0. The molecule has 2 rings (SSSR count). The van der Waals surface area contributed by atoms with Crippen molar-refractivity contribution < 1.29 is 9.59 Å². The fourth-order valence-corrected chi connectivity index (χ4v) is 1.82. The van der Waals surface area contributed by atoms with Crippen LogP contribution in [0.5, 0.6) is 0 Å². The number of ketones is 2. The highest BCUT2D eigenvalue weighted by Gasteiger charge is 2.32. The van der Waals surface area contributed by atoms with E-state index in [9.17, 15) is 9.59 Å². The van der Waals surface area contributed by atoms with Gasteiger partial charge in [0.05, 0.1) is 5.57 Å². The Labute approximate surface area is 95.0 Å². The fraction of sp³-hybridized carbons (Fsp3) is 0.286. The van der Waals surface area contributed by atoms with Crippen LogP contribution in [0.15, 0.2) is 30.4 Å². The lowest BCUT2D eigenvalue weighted by atomic mass is 9.85. The van der Waals surface area contributed by atoms with Gasteiger partial charge in [-0.25, -0.2) is 0 Å². The van der Waals surface area contributed by atoms with Crippen molar-refractivity contribution in [2.45, 2.75) is 26.2 Å². The summed E-state index contributed by atoms with van der Waals surface area (Å²) >= 11 is 0. The maximum Gasteiger partial charge on any atom is 0.197 e. The standard InChI is InChI=1S/C14H14O2/c1-8-12(15)10-6-5-9(14(2,3)4)7-11(10)13(8)16/h5-7H,1H2,2-4H3. The predicted octanol–water partition coefficient (Wildman–Crippen LogP) is 2.92. The maximum absolute atomic E-state index is 11.8. The number of allylic oxidation sites excluding steroid dienone is 1. The van der Waals surface area contributed by atoms with Gasteiger partial charge in [0.25, 0.3) is 0 Å². The summed E-state index contributed by atoms with van der Waals surface area (Å²) in [7, 11) is 0. The zero-order chi connectivity index (χ0) is 12.1. The third-order valence-electron chi connectivity index (χ3n) is 2.92. The highest BCUT2D eigenvalue weighted by atomic mass is 16.2. The average molecular weight is 214 g/mol. The Kier molecular flexibility index (Phi) is 2.12. The van der Waals surface area contributed by atoms with Crippen LogP contribution in [0, 0.1) is 0 Å². The summed E-state index contributed by atoms with van der Waals surface area (Å²) in [6.45, 7) is 9.75. The first-order valence-electron chi connectivity index (χ1n) is 5.25. The first-order chi connectivity index (χ1) is 7.32. The van der Waals surface area contributed by atoms with Crippen LogP contribution in [0.1, 0.15) is 47.1 Å². The minimum Gasteiger partial charge on any atom is -0.288 e. The van der Waals surface area contributed by atoms with Crippen molar-refractivity contribution in [3.8, 4) is 0 Å². The van der Waals surface area contributed by atoms with Crippen LogP contribution in [-0.2, 0) is 5.41 Å². The number of hydrogen-bond donors (Lipinski definition) is 0. The molecule has 0 bridgehead atoms. The summed E-state index contributed by atoms with van der Waals surface area (Å²) in [6, 6.07) is 5.45. The van der Waals surface area contributed by atoms with Gasteiger partial charge in [-0.05, 0) is 23.1 Å². The van der Waals surface area contributed by atoms with Crippen LogP contribution in [0.2, 0.25) is 0 Å². The first-order valence-corrected chi connectivity index (χ1v) is 5.25. The Morgan fingerprint density at radius 3 is 2.12 bits per heavy atom. The first kappa shape index (κ1) is 10.8. The van der Waals surface area contributed by atoms with Crippen LogP contribution < -0.4 is 0 Å². The Morgan fingerprint density at radius 2 is 1.56 bits per heavy atom. The molecule has 1 aliphatic carbocycles. The molecule has 0 radical (unpaired) electrons. The van der Waals surface area contributed by atoms with Gasteiger partial charge < -0.3 is 0 Å². The molecule has 2 heteroatoms. The third kappa shape index (κ3) is 1.42. The van der Waals surface area contributed by atoms with Crippen molar-refractivity contribution in [1.82, 2.24) is 0 Å². The predicted molar refractivity (Wildman–Crippen MR) is 62.9 cm³/mol. The van der Waals surface area contributed by atoms with Crippen molar-refractivity contribution in [2.75, 3.05) is 0 Å². The molecule has 0 N–H and O–H groups in total. The molecule has 0 spiro atoms. The second-order valence-corrected chi connectivity index (χ2v) is 5.15. The number of Topliss-reactive ketones (excluding diaryl/α,β-unsaturated/α-hetero) is 2. The molecule has 16 heavy (non-hydrogen) atoms. The SMILES string of the molecule is C=C1C(=O)c2ccc(C(C)(C)C)cc2C1=O. The lowest BCUT2D eigenvalue weighted by Gasteiger charge is -2.19. The molecular weight excluding hydrogens is 200 g/mol. The van der Waals surface area contributed by atoms with E-state index in [4.69, 9.17) is 0 Å². The molecule has 1 aliphatic rings. The van der Waals surface area contributed by atoms with E-state index in [-0.39, 0.29) is 22.6 Å². The van der Waals surface area contributed by atoms with Crippen LogP contribution in [0.3, 0.4) is 0 Å². The molecule has 2 nitrogen and oxygen atoms in total. The van der Waals surface area contributed by atoms with Crippen molar-refractivity contribution in [3.63, 3.8) is 0 Å². The van der Waals surface area contributed by atoms with Gasteiger partial charge in [-0.2, -0.15) is 0 Å². The molecule has 0 heterocycles. The van der Waals surface area contributed by atoms with Crippen LogP contribution in [-0.4, -0.2) is 11.6 Å². The molecule has 1 aromatic carbocycles. The third-order valence-corrected chi connectivity index (χ3v) is 2.92. The van der Waals surface area contributed by atoms with E-state index < -0.39 is 0 Å². The number of hydrogen-bond acceptors (Lipinski definition) is 2. The van der Waals surface area contributed by atoms with Gasteiger partial charge in [-0.1, -0.05) is 33.4 Å². The zero-order valence-corrected chi connectivity index (χ0v) is 9.76. The molecule has 0 aliphatic heterocycles. The Morgan fingerprint density at radius 1 is 1.00 bits per heavy atom. The van der Waals surface area contributed by atoms with E-state index in [0.29, 0.717) is 11.1 Å². The van der Waals surface area contributed by atoms with Gasteiger partial charge >= 0.3 is 0 Å². The van der Waals surface area contributed by atoms with E-state index in [1.165, 1.54) is 0 Å². The largest absolute Gasteiger partial charge is 0.288 e. The van der Waals surface area contributed by atoms with Crippen LogP contribution >= 0.6 is 0 Å². The number of rotatable bonds is 0. The zero-order valence-electron chi connectivity index (χ0n) is 9.76. The topological polar surface area (TPSA) is 34.1 Å². The van der Waals surface area contributed by atoms with Crippen molar-refractivity contribution in [1.29, 1.82) is 0 Å². The van der Waals surface area contributed by atoms with Gasteiger partial charge in [0.2, 0.25) is 0 Å². The van der Waals surface area contributed by atoms with Crippen molar-refractivity contribution in [3.05, 3.63) is 47.0 Å². The van der Waals surface area contributed by atoms with Gasteiger partial charge in [0, 0.05) is 11.1 Å². The quantitative estimate of drug-likeness (QED) is 0.491. The Balaban J connectivity index is 2.63. The lowest BCUT2D eigenvalue weighted by molar-refractivity contribution is 0.0989. The van der Waals surface area contributed by atoms with Crippen molar-refractivity contribution in [2.24, 2.45) is 0 Å². The second kappa shape index (κ2) is 3.14. The monoisotopic (exact) mass is 214 g/mol. The summed E-state index contributed by atoms with van der Waals surface area (Å²) in [5, 5.41) is 0. The average Bonchev–Trinajstić information content (AvgIpc) is 2.43. The molecule has 0 unspecified atom stereocenters. The fourth-order valence-electron chi connectivity index (χ4n) is 1.82. The van der Waals surface area contributed by atoms with E-state index in [0.717, 1.165) is 5.56 Å². The molecule has 0 aromatic heterocycles. The normalized spacial score (nSPS) is 15.6. The number of carbonyl (C=O) groups is 2. The molecule has 0 saturated carbocycles. The van der Waals surface area contributed by atoms with Gasteiger partial charge in [-0.15, -0.1) is 0 Å². The molecule has 0 fully saturated rings. The minimum absolute atomic E-state index is 0.0255. The number of benzene rings is 1. The molecule has 1 aromatic rings. The minimum atomic E-state index is -0.236. The van der Waals surface area contributed by atoms with E-state index in [1.54, 1.807) is 6.07 Å². The molecule has 82 valence electrons. The molecule has 0 amide bonds. The molecule has 0 atom stereocenters. The van der Waals surface area contributed by atoms with Crippen molar-refractivity contribution >= 4 is 11.6 Å². The lowest BCUT2D eigenvalue weighted by Crippen LogP contribution is -2.12. The van der Waals surface area contributed by atoms with Crippen LogP contribution in [0.4, 0.5) is 0 Å². The summed E-state index contributed by atoms with van der Waals surface area (Å²) in [4.78, 5) is 23.4. The smallest absolute Gasteiger partial charge is 0.197 e. The molecular formula is C14H14O2. The Hall–Kier alpha value is -1.70. The summed E-state index contributed by atoms with van der Waals surface area (Å²) in [5.41, 5.74) is 2.11. The Bertz CT molecular complexity index is 516. The highest BCUT2D eigenvalue weighted by Crippen LogP contribution is 2.30. The van der Waals surface area contributed by atoms with Gasteiger partial charge in [0.15, 0.2) is 11.6 Å². The molecule has 0 saturated heterocycles. The summed E-state index contributed by atoms with van der Waals surface area (Å²) in [5.74, 6) is -0.466. The number of fused-ring (bicyclic) bond motifs is 1.